The van der Waals surface area contributed by atoms with E-state index in [9.17, 15) is 12.8 Å². The molecule has 0 saturated carbocycles. The molecule has 1 heterocycles. The first-order chi connectivity index (χ1) is 11.0. The fourth-order valence-electron chi connectivity index (χ4n) is 2.31. The molecule has 0 atom stereocenters. The molecule has 0 radical (unpaired) electrons. The number of sulfone groups is 1. The molecule has 1 aromatic carbocycles. The molecule has 1 aliphatic rings. The van der Waals surface area contributed by atoms with E-state index in [0.717, 1.165) is 12.1 Å². The van der Waals surface area contributed by atoms with Crippen LogP contribution in [-0.2, 0) is 16.4 Å². The highest BCUT2D eigenvalue weighted by Crippen LogP contribution is 2.03. The lowest BCUT2D eigenvalue weighted by Crippen LogP contribution is -2.45. The molecule has 2 N–H and O–H groups in total. The maximum Gasteiger partial charge on any atom is 0.191 e. The van der Waals surface area contributed by atoms with Gasteiger partial charge in [0.2, 0.25) is 0 Å². The smallest absolute Gasteiger partial charge is 0.191 e. The minimum absolute atomic E-state index is 0.241. The molecular formula is C15H23FN4O2S. The first-order valence-electron chi connectivity index (χ1n) is 7.60. The lowest BCUT2D eigenvalue weighted by Gasteiger charge is -2.26. The number of hydrogen-bond donors (Lipinski definition) is 2. The van der Waals surface area contributed by atoms with Crippen molar-refractivity contribution < 1.29 is 12.8 Å². The fraction of sp³-hybridized carbons (Fsp3) is 0.533. The van der Waals surface area contributed by atoms with Crippen LogP contribution in [0.3, 0.4) is 0 Å². The van der Waals surface area contributed by atoms with Crippen molar-refractivity contribution >= 4 is 15.8 Å². The maximum atomic E-state index is 12.8. The van der Waals surface area contributed by atoms with Gasteiger partial charge in [0.1, 0.15) is 5.82 Å². The van der Waals surface area contributed by atoms with Crippen LogP contribution < -0.4 is 10.6 Å². The van der Waals surface area contributed by atoms with Gasteiger partial charge in [0, 0.05) is 39.8 Å². The van der Waals surface area contributed by atoms with Crippen LogP contribution >= 0.6 is 0 Å². The number of nitrogens with one attached hydrogen (secondary N) is 2. The third-order valence-electron chi connectivity index (χ3n) is 3.75. The van der Waals surface area contributed by atoms with Crippen LogP contribution in [0.25, 0.3) is 0 Å². The molecule has 0 aromatic heterocycles. The van der Waals surface area contributed by atoms with Gasteiger partial charge in [-0.25, -0.2) is 12.8 Å². The number of aliphatic imine (C=N–C) groups is 1. The Morgan fingerprint density at radius 2 is 1.87 bits per heavy atom. The summed E-state index contributed by atoms with van der Waals surface area (Å²) in [6.07, 6.45) is 0. The summed E-state index contributed by atoms with van der Waals surface area (Å²) in [5, 5.41) is 6.35. The van der Waals surface area contributed by atoms with Crippen LogP contribution in [0, 0.1) is 5.82 Å². The lowest BCUT2D eigenvalue weighted by atomic mass is 10.2. The van der Waals surface area contributed by atoms with Crippen LogP contribution in [0.2, 0.25) is 0 Å². The average molecular weight is 342 g/mol. The molecule has 1 fully saturated rings. The molecule has 0 unspecified atom stereocenters. The van der Waals surface area contributed by atoms with Crippen LogP contribution in [0.4, 0.5) is 4.39 Å². The number of hydrogen-bond acceptors (Lipinski definition) is 4. The van der Waals surface area contributed by atoms with Gasteiger partial charge in [0.05, 0.1) is 11.5 Å². The van der Waals surface area contributed by atoms with Crippen molar-refractivity contribution in [2.45, 2.75) is 6.54 Å². The van der Waals surface area contributed by atoms with Crippen LogP contribution in [0.1, 0.15) is 5.56 Å². The second-order valence-corrected chi connectivity index (χ2v) is 7.78. The average Bonchev–Trinajstić information content (AvgIpc) is 2.53. The summed E-state index contributed by atoms with van der Waals surface area (Å²) in [7, 11) is -1.14. The standard InChI is InChI=1S/C15H23FN4O2S/c1-17-15(19-12-13-2-4-14(16)5-3-13)18-6-7-20-8-10-23(21,22)11-9-20/h2-5H,6-12H2,1H3,(H2,17,18,19). The number of halogens is 1. The normalized spacial score (nSPS) is 18.6. The van der Waals surface area contributed by atoms with E-state index in [4.69, 9.17) is 0 Å². The molecule has 0 amide bonds. The quantitative estimate of drug-likeness (QED) is 0.592. The highest BCUT2D eigenvalue weighted by atomic mass is 32.2. The van der Waals surface area contributed by atoms with E-state index < -0.39 is 9.84 Å². The van der Waals surface area contributed by atoms with E-state index in [-0.39, 0.29) is 17.3 Å². The van der Waals surface area contributed by atoms with Gasteiger partial charge in [-0.3, -0.25) is 9.89 Å². The topological polar surface area (TPSA) is 73.8 Å². The summed E-state index contributed by atoms with van der Waals surface area (Å²) in [6.45, 7) is 3.19. The van der Waals surface area contributed by atoms with Crippen molar-refractivity contribution in [1.82, 2.24) is 15.5 Å². The van der Waals surface area contributed by atoms with E-state index in [1.54, 1.807) is 19.2 Å². The summed E-state index contributed by atoms with van der Waals surface area (Å²) >= 11 is 0. The molecule has 128 valence electrons. The first kappa shape index (κ1) is 17.7. The number of rotatable bonds is 5. The Bertz CT molecular complexity index is 617. The van der Waals surface area contributed by atoms with Crippen molar-refractivity contribution in [2.75, 3.05) is 44.7 Å². The van der Waals surface area contributed by atoms with E-state index in [0.29, 0.717) is 32.1 Å². The van der Waals surface area contributed by atoms with E-state index >= 15 is 0 Å². The molecule has 2 rings (SSSR count). The van der Waals surface area contributed by atoms with Gasteiger partial charge in [-0.05, 0) is 17.7 Å². The maximum absolute atomic E-state index is 12.8. The summed E-state index contributed by atoms with van der Waals surface area (Å²) in [6, 6.07) is 6.31. The molecule has 1 aromatic rings. The van der Waals surface area contributed by atoms with Crippen molar-refractivity contribution in [3.63, 3.8) is 0 Å². The Morgan fingerprint density at radius 1 is 1.22 bits per heavy atom. The highest BCUT2D eigenvalue weighted by molar-refractivity contribution is 7.91. The van der Waals surface area contributed by atoms with Crippen LogP contribution in [0.5, 0.6) is 0 Å². The molecule has 0 spiro atoms. The molecule has 23 heavy (non-hydrogen) atoms. The van der Waals surface area contributed by atoms with Gasteiger partial charge >= 0.3 is 0 Å². The van der Waals surface area contributed by atoms with Crippen LogP contribution in [0.15, 0.2) is 29.3 Å². The Kier molecular flexibility index (Phi) is 6.35. The molecule has 1 saturated heterocycles. The third kappa shape index (κ3) is 6.15. The third-order valence-corrected chi connectivity index (χ3v) is 5.36. The zero-order chi connectivity index (χ0) is 16.7. The Labute approximate surface area is 136 Å². The Morgan fingerprint density at radius 3 is 2.48 bits per heavy atom. The van der Waals surface area contributed by atoms with Crippen molar-refractivity contribution in [3.8, 4) is 0 Å². The second-order valence-electron chi connectivity index (χ2n) is 5.47. The van der Waals surface area contributed by atoms with E-state index in [1.807, 2.05) is 0 Å². The van der Waals surface area contributed by atoms with Gasteiger partial charge < -0.3 is 10.6 Å². The van der Waals surface area contributed by atoms with Crippen molar-refractivity contribution in [3.05, 3.63) is 35.6 Å². The van der Waals surface area contributed by atoms with Gasteiger partial charge in [0.15, 0.2) is 15.8 Å². The van der Waals surface area contributed by atoms with Gasteiger partial charge in [0.25, 0.3) is 0 Å². The van der Waals surface area contributed by atoms with Gasteiger partial charge in [-0.2, -0.15) is 0 Å². The molecule has 8 heteroatoms. The summed E-state index contributed by atoms with van der Waals surface area (Å²) < 4.78 is 35.6. The van der Waals surface area contributed by atoms with Crippen LogP contribution in [-0.4, -0.2) is 64.0 Å². The molecule has 0 aliphatic carbocycles. The Balaban J connectivity index is 1.68. The van der Waals surface area contributed by atoms with E-state index in [2.05, 4.69) is 20.5 Å². The molecule has 6 nitrogen and oxygen atoms in total. The summed E-state index contributed by atoms with van der Waals surface area (Å²) in [4.78, 5) is 6.26. The number of guanidine groups is 1. The largest absolute Gasteiger partial charge is 0.355 e. The number of nitrogens with zero attached hydrogens (tertiary/aromatic N) is 2. The summed E-state index contributed by atoms with van der Waals surface area (Å²) in [5.41, 5.74) is 0.968. The van der Waals surface area contributed by atoms with E-state index in [1.165, 1.54) is 12.1 Å². The van der Waals surface area contributed by atoms with Crippen molar-refractivity contribution in [2.24, 2.45) is 4.99 Å². The second kappa shape index (κ2) is 8.26. The minimum atomic E-state index is -2.83. The highest BCUT2D eigenvalue weighted by Gasteiger charge is 2.20. The first-order valence-corrected chi connectivity index (χ1v) is 9.42. The molecular weight excluding hydrogens is 319 g/mol. The fourth-order valence-corrected chi connectivity index (χ4v) is 3.59. The molecule has 1 aliphatic heterocycles. The number of benzene rings is 1. The van der Waals surface area contributed by atoms with Gasteiger partial charge in [-0.1, -0.05) is 12.1 Å². The SMILES string of the molecule is CN=C(NCCN1CCS(=O)(=O)CC1)NCc1ccc(F)cc1. The minimum Gasteiger partial charge on any atom is -0.355 e. The summed E-state index contributed by atoms with van der Waals surface area (Å²) in [5.74, 6) is 0.897. The Hall–Kier alpha value is -1.67. The predicted molar refractivity (Wildman–Crippen MR) is 89.7 cm³/mol. The van der Waals surface area contributed by atoms with Crippen molar-refractivity contribution in [1.29, 1.82) is 0 Å². The predicted octanol–water partition coefficient (Wildman–Crippen LogP) is 0.221. The van der Waals surface area contributed by atoms with Gasteiger partial charge in [-0.15, -0.1) is 0 Å². The monoisotopic (exact) mass is 342 g/mol. The lowest BCUT2D eigenvalue weighted by molar-refractivity contribution is 0.299. The zero-order valence-corrected chi connectivity index (χ0v) is 14.1. The zero-order valence-electron chi connectivity index (χ0n) is 13.3. The molecule has 0 bridgehead atoms.